The van der Waals surface area contributed by atoms with Crippen LogP contribution in [0.25, 0.3) is 0 Å². The molecule has 27 heteroatoms. The van der Waals surface area contributed by atoms with E-state index in [1.165, 1.54) is 48.5 Å². The molecule has 0 spiro atoms. The zero-order valence-electron chi connectivity index (χ0n) is 32.8. The molecule has 9 N–H and O–H groups in total. The van der Waals surface area contributed by atoms with Gasteiger partial charge in [0.05, 0.1) is 60.6 Å². The summed E-state index contributed by atoms with van der Waals surface area (Å²) in [6.07, 6.45) is 0. The number of phenolic OH excluding ortho intramolecular Hbond substituents is 3. The summed E-state index contributed by atoms with van der Waals surface area (Å²) in [4.78, 5) is 74.9. The molecule has 6 amide bonds. The standard InChI is InChI=1S/C13H9F2N3O4.C13H10FN3O4.C13H10N4O6/c14-8-2-1-3-9(15)12(8)17-13(20)16-10-5-4-7(18(21)22)6-11(10)19;14-9-3-1-2-4-10(9)15-13(19)16-11-6-5-8(17(20)21)7-12(11)18;18-12-7-8(16(20)21)5-6-10(12)15-13(19)14-9-3-1-2-4-11(9)17(22)23/h1-6,19H,(H2,16,17,20);1-7,18H,(H2,15,16,19);1-7,18H,(H2,14,15,19). The van der Waals surface area contributed by atoms with Gasteiger partial charge in [0, 0.05) is 24.3 Å². The summed E-state index contributed by atoms with van der Waals surface area (Å²) in [6, 6.07) is 20.8. The summed E-state index contributed by atoms with van der Waals surface area (Å²) in [6.45, 7) is 0. The summed E-state index contributed by atoms with van der Waals surface area (Å²) in [7, 11) is 0. The molecule has 0 atom stereocenters. The van der Waals surface area contributed by atoms with Gasteiger partial charge in [-0.2, -0.15) is 0 Å². The molecule has 0 aliphatic heterocycles. The van der Waals surface area contributed by atoms with E-state index in [0.717, 1.165) is 66.7 Å². The molecule has 0 saturated carbocycles. The van der Waals surface area contributed by atoms with E-state index in [-0.39, 0.29) is 51.2 Å². The number of hydrogen-bond donors (Lipinski definition) is 9. The van der Waals surface area contributed by atoms with Gasteiger partial charge in [-0.1, -0.05) is 30.3 Å². The van der Waals surface area contributed by atoms with Crippen LogP contribution in [0.3, 0.4) is 0 Å². The molecule has 0 aliphatic carbocycles. The van der Waals surface area contributed by atoms with Gasteiger partial charge in [0.15, 0.2) is 0 Å². The van der Waals surface area contributed by atoms with Crippen LogP contribution in [0.4, 0.5) is 84.4 Å². The highest BCUT2D eigenvalue weighted by Gasteiger charge is 2.18. The molecule has 6 aromatic carbocycles. The Bertz CT molecular complexity index is 2840. The Morgan fingerprint density at radius 1 is 0.394 bits per heavy atom. The fraction of sp³-hybridized carbons (Fsp3) is 0. The van der Waals surface area contributed by atoms with E-state index in [0.29, 0.717) is 0 Å². The highest BCUT2D eigenvalue weighted by molar-refractivity contribution is 6.03. The quantitative estimate of drug-likeness (QED) is 0.0351. The number of rotatable bonds is 10. The Labute approximate surface area is 365 Å². The lowest BCUT2D eigenvalue weighted by molar-refractivity contribution is -0.385. The van der Waals surface area contributed by atoms with Gasteiger partial charge < -0.3 is 47.2 Å². The number of non-ortho nitro benzene ring substituents is 3. The third-order valence-corrected chi connectivity index (χ3v) is 7.99. The first-order chi connectivity index (χ1) is 31.2. The van der Waals surface area contributed by atoms with Crippen molar-refractivity contribution < 1.29 is 62.6 Å². The minimum absolute atomic E-state index is 0.0311. The summed E-state index contributed by atoms with van der Waals surface area (Å²) in [5.41, 5.74) is -2.30. The summed E-state index contributed by atoms with van der Waals surface area (Å²) < 4.78 is 40.1. The predicted octanol–water partition coefficient (Wildman–Crippen LogP) is 9.16. The van der Waals surface area contributed by atoms with Crippen molar-refractivity contribution in [1.82, 2.24) is 0 Å². The topological polar surface area (TPSA) is 357 Å². The van der Waals surface area contributed by atoms with Crippen LogP contribution in [-0.2, 0) is 0 Å². The summed E-state index contributed by atoms with van der Waals surface area (Å²) in [5.74, 6) is -4.07. The van der Waals surface area contributed by atoms with Crippen LogP contribution in [0.1, 0.15) is 0 Å². The number of nitro benzene ring substituents is 4. The van der Waals surface area contributed by atoms with Gasteiger partial charge in [-0.05, 0) is 48.5 Å². The number of amides is 6. The van der Waals surface area contributed by atoms with Gasteiger partial charge in [-0.3, -0.25) is 40.5 Å². The number of anilines is 6. The number of nitro groups is 4. The smallest absolute Gasteiger partial charge is 0.323 e. The Hall–Kier alpha value is -10.1. The van der Waals surface area contributed by atoms with Crippen LogP contribution < -0.4 is 31.9 Å². The van der Waals surface area contributed by atoms with Crippen molar-refractivity contribution in [2.75, 3.05) is 31.9 Å². The number of hydrogen-bond acceptors (Lipinski definition) is 14. The highest BCUT2D eigenvalue weighted by atomic mass is 19.1. The van der Waals surface area contributed by atoms with Gasteiger partial charge in [0.25, 0.3) is 22.7 Å². The predicted molar refractivity (Wildman–Crippen MR) is 228 cm³/mol. The third-order valence-electron chi connectivity index (χ3n) is 7.99. The minimum Gasteiger partial charge on any atom is -0.506 e. The van der Waals surface area contributed by atoms with E-state index in [9.17, 15) is 83.3 Å². The van der Waals surface area contributed by atoms with Gasteiger partial charge >= 0.3 is 18.1 Å². The Morgan fingerprint density at radius 3 is 1.11 bits per heavy atom. The molecule has 24 nitrogen and oxygen atoms in total. The molecular formula is C39H29F3N10O14. The zero-order chi connectivity index (χ0) is 48.7. The molecule has 0 bridgehead atoms. The number of carbonyl (C=O) groups excluding carboxylic acids is 3. The van der Waals surface area contributed by atoms with Crippen molar-refractivity contribution in [3.05, 3.63) is 179 Å². The number of aromatic hydroxyl groups is 3. The van der Waals surface area contributed by atoms with E-state index in [1.54, 1.807) is 6.07 Å². The maximum absolute atomic E-state index is 13.4. The van der Waals surface area contributed by atoms with Crippen molar-refractivity contribution in [2.45, 2.75) is 0 Å². The van der Waals surface area contributed by atoms with E-state index >= 15 is 0 Å². The Morgan fingerprint density at radius 2 is 0.727 bits per heavy atom. The van der Waals surface area contributed by atoms with Crippen molar-refractivity contribution in [1.29, 1.82) is 0 Å². The van der Waals surface area contributed by atoms with Crippen LogP contribution >= 0.6 is 0 Å². The molecule has 0 aromatic heterocycles. The second-order valence-corrected chi connectivity index (χ2v) is 12.5. The fourth-order valence-electron chi connectivity index (χ4n) is 4.96. The molecule has 0 fully saturated rings. The molecule has 0 heterocycles. The molecule has 6 rings (SSSR count). The lowest BCUT2D eigenvalue weighted by Crippen LogP contribution is -2.21. The molecule has 340 valence electrons. The van der Waals surface area contributed by atoms with Gasteiger partial charge in [0.1, 0.15) is 46.1 Å². The lowest BCUT2D eigenvalue weighted by atomic mass is 10.2. The van der Waals surface area contributed by atoms with E-state index in [4.69, 9.17) is 0 Å². The van der Waals surface area contributed by atoms with E-state index < -0.39 is 78.2 Å². The normalized spacial score (nSPS) is 9.98. The molecule has 6 aromatic rings. The van der Waals surface area contributed by atoms with Crippen LogP contribution in [-0.4, -0.2) is 53.1 Å². The van der Waals surface area contributed by atoms with Crippen LogP contribution in [0.2, 0.25) is 0 Å². The maximum atomic E-state index is 13.4. The molecule has 0 radical (unpaired) electrons. The number of benzene rings is 6. The molecule has 0 aliphatic rings. The first-order valence-corrected chi connectivity index (χ1v) is 17.8. The monoisotopic (exact) mass is 918 g/mol. The zero-order valence-corrected chi connectivity index (χ0v) is 32.8. The molecular weight excluding hydrogens is 889 g/mol. The number of phenols is 3. The SMILES string of the molecule is O=C(Nc1ccc([N+](=O)[O-])cc1O)Nc1c(F)cccc1F.O=C(Nc1ccc([N+](=O)[O-])cc1O)Nc1ccccc1F.O=C(Nc1ccc([N+](=O)[O-])cc1O)Nc1ccccc1[N+](=O)[O-]. The van der Waals surface area contributed by atoms with Gasteiger partial charge in [-0.25, -0.2) is 27.6 Å². The second-order valence-electron chi connectivity index (χ2n) is 12.5. The number of urea groups is 3. The van der Waals surface area contributed by atoms with Crippen molar-refractivity contribution in [3.63, 3.8) is 0 Å². The second kappa shape index (κ2) is 22.1. The number of nitrogens with zero attached hydrogens (tertiary/aromatic N) is 4. The van der Waals surface area contributed by atoms with Gasteiger partial charge in [-0.15, -0.1) is 0 Å². The summed E-state index contributed by atoms with van der Waals surface area (Å²) in [5, 5.41) is 84.3. The van der Waals surface area contributed by atoms with Crippen LogP contribution in [0.15, 0.2) is 121 Å². The average molecular weight is 919 g/mol. The third kappa shape index (κ3) is 13.7. The maximum Gasteiger partial charge on any atom is 0.323 e. The van der Waals surface area contributed by atoms with Gasteiger partial charge in [0.2, 0.25) is 0 Å². The van der Waals surface area contributed by atoms with E-state index in [1.807, 2.05) is 5.32 Å². The van der Waals surface area contributed by atoms with Crippen LogP contribution in [0.5, 0.6) is 17.2 Å². The lowest BCUT2D eigenvalue weighted by Gasteiger charge is -2.10. The Kier molecular flexibility index (Phi) is 16.3. The number of carbonyl (C=O) groups is 3. The fourth-order valence-corrected chi connectivity index (χ4v) is 4.96. The first kappa shape index (κ1) is 48.6. The summed E-state index contributed by atoms with van der Waals surface area (Å²) >= 11 is 0. The molecule has 0 unspecified atom stereocenters. The first-order valence-electron chi connectivity index (χ1n) is 17.8. The Balaban J connectivity index is 0.000000217. The van der Waals surface area contributed by atoms with E-state index in [2.05, 4.69) is 26.6 Å². The largest absolute Gasteiger partial charge is 0.506 e. The highest BCUT2D eigenvalue weighted by Crippen LogP contribution is 2.31. The average Bonchev–Trinajstić information content (AvgIpc) is 3.25. The van der Waals surface area contributed by atoms with Crippen molar-refractivity contribution >= 4 is 75.0 Å². The number of halogens is 3. The number of nitrogens with one attached hydrogen (secondary N) is 6. The van der Waals surface area contributed by atoms with Crippen LogP contribution in [0, 0.1) is 57.9 Å². The molecule has 0 saturated heterocycles. The van der Waals surface area contributed by atoms with Crippen molar-refractivity contribution in [3.8, 4) is 17.2 Å². The van der Waals surface area contributed by atoms with Crippen molar-refractivity contribution in [2.24, 2.45) is 0 Å². The molecule has 66 heavy (non-hydrogen) atoms. The number of para-hydroxylation sites is 4. The minimum atomic E-state index is -1.02.